The lowest BCUT2D eigenvalue weighted by Crippen LogP contribution is -2.54. The molecule has 0 bridgehead atoms. The molecule has 0 spiro atoms. The minimum absolute atomic E-state index is 0.187. The highest BCUT2D eigenvalue weighted by Gasteiger charge is 2.37. The highest BCUT2D eigenvalue weighted by molar-refractivity contribution is 6.39. The molecule has 1 aliphatic rings. The standard InChI is InChI=1S/C25H21ClN2O4/c1-3-15(2)16-6-10-19(11-7-16)28-24(30)21(23(29)27-25(28)31)14-20-12-13-22(32-20)17-4-8-18(26)9-5-17/h4-15H,3H2,1-2H3,(H,27,29,31)/b21-14-/t15-/m0/s1. The van der Waals surface area contributed by atoms with Crippen LogP contribution in [-0.4, -0.2) is 17.8 Å². The zero-order chi connectivity index (χ0) is 22.8. The SMILES string of the molecule is CC[C@H](C)c1ccc(N2C(=O)NC(=O)/C(=C/c3ccc(-c4ccc(Cl)cc4)o3)C2=O)cc1. The minimum Gasteiger partial charge on any atom is -0.457 e. The lowest BCUT2D eigenvalue weighted by molar-refractivity contribution is -0.122. The number of urea groups is 1. The van der Waals surface area contributed by atoms with Crippen LogP contribution in [0.3, 0.4) is 0 Å². The number of carbonyl (C=O) groups excluding carboxylic acids is 3. The zero-order valence-electron chi connectivity index (χ0n) is 17.6. The summed E-state index contributed by atoms with van der Waals surface area (Å²) in [4.78, 5) is 38.8. The summed E-state index contributed by atoms with van der Waals surface area (Å²) in [5.74, 6) is -0.238. The number of nitrogens with one attached hydrogen (secondary N) is 1. The number of hydrogen-bond donors (Lipinski definition) is 1. The third kappa shape index (κ3) is 4.22. The first kappa shape index (κ1) is 21.6. The van der Waals surface area contributed by atoms with Crippen LogP contribution in [0.2, 0.25) is 5.02 Å². The number of nitrogens with zero attached hydrogens (tertiary/aromatic N) is 1. The number of furan rings is 1. The van der Waals surface area contributed by atoms with E-state index in [4.69, 9.17) is 16.0 Å². The minimum atomic E-state index is -0.783. The van der Waals surface area contributed by atoms with E-state index in [0.717, 1.165) is 22.4 Å². The molecule has 6 nitrogen and oxygen atoms in total. The molecule has 1 saturated heterocycles. The number of anilines is 1. The number of imide groups is 2. The van der Waals surface area contributed by atoms with E-state index in [1.54, 1.807) is 48.5 Å². The van der Waals surface area contributed by atoms with Gasteiger partial charge in [-0.2, -0.15) is 0 Å². The molecule has 0 saturated carbocycles. The number of benzene rings is 2. The predicted molar refractivity (Wildman–Crippen MR) is 123 cm³/mol. The van der Waals surface area contributed by atoms with E-state index in [1.807, 2.05) is 12.1 Å². The van der Waals surface area contributed by atoms with Crippen molar-refractivity contribution in [3.8, 4) is 11.3 Å². The Morgan fingerprint density at radius 3 is 2.34 bits per heavy atom. The maximum atomic E-state index is 13.1. The van der Waals surface area contributed by atoms with E-state index in [0.29, 0.717) is 28.1 Å². The number of amides is 4. The third-order valence-electron chi connectivity index (χ3n) is 5.48. The molecule has 1 N–H and O–H groups in total. The van der Waals surface area contributed by atoms with Crippen molar-refractivity contribution >= 4 is 41.2 Å². The van der Waals surface area contributed by atoms with Crippen molar-refractivity contribution in [1.82, 2.24) is 5.32 Å². The van der Waals surface area contributed by atoms with Crippen LogP contribution in [0, 0.1) is 0 Å². The molecule has 32 heavy (non-hydrogen) atoms. The highest BCUT2D eigenvalue weighted by atomic mass is 35.5. The molecule has 7 heteroatoms. The first-order valence-corrected chi connectivity index (χ1v) is 10.6. The summed E-state index contributed by atoms with van der Waals surface area (Å²) in [5.41, 5.74) is 2.11. The van der Waals surface area contributed by atoms with Crippen LogP contribution in [0.15, 0.2) is 70.7 Å². The fourth-order valence-corrected chi connectivity index (χ4v) is 3.55. The summed E-state index contributed by atoms with van der Waals surface area (Å²) in [6, 6.07) is 16.9. The summed E-state index contributed by atoms with van der Waals surface area (Å²) in [5, 5.41) is 2.83. The van der Waals surface area contributed by atoms with E-state index < -0.39 is 17.8 Å². The van der Waals surface area contributed by atoms with Gasteiger partial charge in [0.05, 0.1) is 5.69 Å². The Balaban J connectivity index is 1.62. The number of hydrogen-bond acceptors (Lipinski definition) is 4. The van der Waals surface area contributed by atoms with Gasteiger partial charge in [-0.1, -0.05) is 37.6 Å². The predicted octanol–water partition coefficient (Wildman–Crippen LogP) is 5.78. The number of barbiturate groups is 1. The van der Waals surface area contributed by atoms with Gasteiger partial charge in [-0.15, -0.1) is 0 Å². The van der Waals surface area contributed by atoms with Gasteiger partial charge in [0, 0.05) is 10.6 Å². The largest absolute Gasteiger partial charge is 0.457 e. The second-order valence-electron chi connectivity index (χ2n) is 7.57. The molecule has 0 radical (unpaired) electrons. The second-order valence-corrected chi connectivity index (χ2v) is 8.00. The van der Waals surface area contributed by atoms with E-state index in [2.05, 4.69) is 19.2 Å². The van der Waals surface area contributed by atoms with E-state index >= 15 is 0 Å². The quantitative estimate of drug-likeness (QED) is 0.396. The molecule has 1 fully saturated rings. The van der Waals surface area contributed by atoms with Crippen LogP contribution in [0.4, 0.5) is 10.5 Å². The van der Waals surface area contributed by atoms with Crippen LogP contribution < -0.4 is 10.2 Å². The average molecular weight is 449 g/mol. The maximum absolute atomic E-state index is 13.1. The summed E-state index contributed by atoms with van der Waals surface area (Å²) in [6.07, 6.45) is 2.31. The zero-order valence-corrected chi connectivity index (χ0v) is 18.3. The lowest BCUT2D eigenvalue weighted by Gasteiger charge is -2.26. The summed E-state index contributed by atoms with van der Waals surface area (Å²) in [6.45, 7) is 4.20. The van der Waals surface area contributed by atoms with Crippen molar-refractivity contribution in [2.45, 2.75) is 26.2 Å². The van der Waals surface area contributed by atoms with Gasteiger partial charge in [-0.3, -0.25) is 14.9 Å². The normalized spacial score (nSPS) is 16.4. The second kappa shape index (κ2) is 8.85. The Kier molecular flexibility index (Phi) is 5.97. The van der Waals surface area contributed by atoms with Crippen LogP contribution in [0.5, 0.6) is 0 Å². The van der Waals surface area contributed by atoms with Crippen molar-refractivity contribution in [3.05, 3.63) is 82.6 Å². The fourth-order valence-electron chi connectivity index (χ4n) is 3.42. The van der Waals surface area contributed by atoms with Crippen molar-refractivity contribution in [3.63, 3.8) is 0 Å². The lowest BCUT2D eigenvalue weighted by atomic mass is 9.98. The van der Waals surface area contributed by atoms with Gasteiger partial charge in [0.25, 0.3) is 11.8 Å². The molecule has 1 aromatic heterocycles. The Bertz CT molecular complexity index is 1210. The first-order valence-electron chi connectivity index (χ1n) is 10.2. The number of rotatable bonds is 5. The van der Waals surface area contributed by atoms with Crippen LogP contribution >= 0.6 is 11.6 Å². The summed E-state index contributed by atoms with van der Waals surface area (Å²) >= 11 is 5.92. The van der Waals surface area contributed by atoms with E-state index in [1.165, 1.54) is 6.08 Å². The van der Waals surface area contributed by atoms with Crippen molar-refractivity contribution in [1.29, 1.82) is 0 Å². The molecular weight excluding hydrogens is 428 g/mol. The molecule has 162 valence electrons. The van der Waals surface area contributed by atoms with Gasteiger partial charge in [0.15, 0.2) is 0 Å². The van der Waals surface area contributed by atoms with Gasteiger partial charge in [0.1, 0.15) is 17.1 Å². The topological polar surface area (TPSA) is 79.6 Å². The van der Waals surface area contributed by atoms with E-state index in [-0.39, 0.29) is 5.57 Å². The maximum Gasteiger partial charge on any atom is 0.335 e. The van der Waals surface area contributed by atoms with Gasteiger partial charge in [-0.25, -0.2) is 9.69 Å². The smallest absolute Gasteiger partial charge is 0.335 e. The van der Waals surface area contributed by atoms with Crippen molar-refractivity contribution in [2.24, 2.45) is 0 Å². The van der Waals surface area contributed by atoms with Crippen LogP contribution in [0.25, 0.3) is 17.4 Å². The molecule has 1 atom stereocenters. The molecule has 4 rings (SSSR count). The Morgan fingerprint density at radius 2 is 1.69 bits per heavy atom. The highest BCUT2D eigenvalue weighted by Crippen LogP contribution is 2.28. The van der Waals surface area contributed by atoms with Crippen LogP contribution in [0.1, 0.15) is 37.5 Å². The van der Waals surface area contributed by atoms with E-state index in [9.17, 15) is 14.4 Å². The van der Waals surface area contributed by atoms with Crippen molar-refractivity contribution < 1.29 is 18.8 Å². The Morgan fingerprint density at radius 1 is 1.00 bits per heavy atom. The molecular formula is C25H21ClN2O4. The molecule has 2 heterocycles. The Hall–Kier alpha value is -3.64. The van der Waals surface area contributed by atoms with Gasteiger partial charge in [-0.05, 0) is 72.5 Å². The van der Waals surface area contributed by atoms with Gasteiger partial charge >= 0.3 is 6.03 Å². The van der Waals surface area contributed by atoms with Crippen LogP contribution in [-0.2, 0) is 9.59 Å². The number of halogens is 1. The van der Waals surface area contributed by atoms with Gasteiger partial charge in [0.2, 0.25) is 0 Å². The average Bonchev–Trinajstić information content (AvgIpc) is 3.25. The third-order valence-corrected chi connectivity index (χ3v) is 5.73. The molecule has 0 aliphatic carbocycles. The molecule has 4 amide bonds. The number of carbonyl (C=O) groups is 3. The first-order chi connectivity index (χ1) is 15.4. The molecule has 1 aliphatic heterocycles. The summed E-state index contributed by atoms with van der Waals surface area (Å²) in [7, 11) is 0. The fraction of sp³-hybridized carbons (Fsp3) is 0.160. The summed E-state index contributed by atoms with van der Waals surface area (Å²) < 4.78 is 5.78. The molecule has 0 unspecified atom stereocenters. The molecule has 2 aromatic carbocycles. The Labute approximate surface area is 190 Å². The van der Waals surface area contributed by atoms with Gasteiger partial charge < -0.3 is 4.42 Å². The monoisotopic (exact) mass is 448 g/mol. The van der Waals surface area contributed by atoms with Crippen molar-refractivity contribution in [2.75, 3.05) is 4.90 Å². The molecule has 3 aromatic rings.